The summed E-state index contributed by atoms with van der Waals surface area (Å²) in [6.45, 7) is 2.02. The Hall–Kier alpha value is -1.53. The van der Waals surface area contributed by atoms with Crippen LogP contribution in [0.15, 0.2) is 18.2 Å². The highest BCUT2D eigenvalue weighted by atomic mass is 19.2. The van der Waals surface area contributed by atoms with Crippen LogP contribution in [-0.4, -0.2) is 37.7 Å². The monoisotopic (exact) mass is 324 g/mol. The molecule has 2 fully saturated rings. The number of carbonyl (C=O) groups is 1. The van der Waals surface area contributed by atoms with Crippen molar-refractivity contribution in [2.45, 2.75) is 43.7 Å². The lowest BCUT2D eigenvalue weighted by atomic mass is 9.85. The molecule has 2 aliphatic rings. The van der Waals surface area contributed by atoms with Crippen molar-refractivity contribution in [3.8, 4) is 0 Å². The maximum absolute atomic E-state index is 13.5. The Kier molecular flexibility index (Phi) is 5.23. The molecule has 2 saturated heterocycles. The minimum atomic E-state index is -0.848. The van der Waals surface area contributed by atoms with Crippen molar-refractivity contribution in [3.05, 3.63) is 35.4 Å². The van der Waals surface area contributed by atoms with E-state index in [1.54, 1.807) is 6.07 Å². The summed E-state index contributed by atoms with van der Waals surface area (Å²) in [5.74, 6) is -1.83. The van der Waals surface area contributed by atoms with Gasteiger partial charge in [-0.1, -0.05) is 6.07 Å². The number of ether oxygens (including phenoxy) is 1. The summed E-state index contributed by atoms with van der Waals surface area (Å²) in [5, 5.41) is 6.27. The SMILES string of the molecule is O=C(NC1CNCCC1c1ccc(F)c(F)c1)C1CCCCO1. The molecule has 3 atom stereocenters. The molecule has 2 N–H and O–H groups in total. The molecule has 0 radical (unpaired) electrons. The van der Waals surface area contributed by atoms with E-state index in [0.717, 1.165) is 43.9 Å². The zero-order chi connectivity index (χ0) is 16.2. The second-order valence-electron chi connectivity index (χ2n) is 6.24. The molecule has 3 rings (SSSR count). The van der Waals surface area contributed by atoms with Gasteiger partial charge >= 0.3 is 0 Å². The summed E-state index contributed by atoms with van der Waals surface area (Å²) in [6, 6.07) is 3.84. The third-order valence-electron chi connectivity index (χ3n) is 4.65. The van der Waals surface area contributed by atoms with Crippen LogP contribution in [0.1, 0.15) is 37.2 Å². The Bertz CT molecular complexity index is 562. The molecule has 0 saturated carbocycles. The van der Waals surface area contributed by atoms with Crippen LogP contribution >= 0.6 is 0 Å². The van der Waals surface area contributed by atoms with E-state index in [-0.39, 0.29) is 17.9 Å². The number of benzene rings is 1. The number of carbonyl (C=O) groups excluding carboxylic acids is 1. The predicted octanol–water partition coefficient (Wildman–Crippen LogP) is 2.10. The molecule has 2 heterocycles. The van der Waals surface area contributed by atoms with Crippen molar-refractivity contribution in [3.63, 3.8) is 0 Å². The van der Waals surface area contributed by atoms with E-state index in [1.165, 1.54) is 6.07 Å². The lowest BCUT2D eigenvalue weighted by molar-refractivity contribution is -0.136. The average Bonchev–Trinajstić information content (AvgIpc) is 2.59. The summed E-state index contributed by atoms with van der Waals surface area (Å²) in [6.07, 6.45) is 3.10. The first-order chi connectivity index (χ1) is 11.1. The Morgan fingerprint density at radius 2 is 2.09 bits per heavy atom. The van der Waals surface area contributed by atoms with E-state index in [9.17, 15) is 13.6 Å². The smallest absolute Gasteiger partial charge is 0.249 e. The highest BCUT2D eigenvalue weighted by Gasteiger charge is 2.31. The van der Waals surface area contributed by atoms with E-state index in [0.29, 0.717) is 13.2 Å². The zero-order valence-electron chi connectivity index (χ0n) is 13.0. The summed E-state index contributed by atoms with van der Waals surface area (Å²) in [5.41, 5.74) is 0.722. The molecular formula is C17H22F2N2O2. The van der Waals surface area contributed by atoms with Gasteiger partial charge in [-0.15, -0.1) is 0 Å². The Morgan fingerprint density at radius 1 is 1.22 bits per heavy atom. The zero-order valence-corrected chi connectivity index (χ0v) is 13.0. The van der Waals surface area contributed by atoms with Crippen LogP contribution in [-0.2, 0) is 9.53 Å². The van der Waals surface area contributed by atoms with Gasteiger partial charge in [-0.05, 0) is 49.9 Å². The second-order valence-corrected chi connectivity index (χ2v) is 6.24. The Morgan fingerprint density at radius 3 is 2.83 bits per heavy atom. The first kappa shape index (κ1) is 16.3. The number of rotatable bonds is 3. The maximum Gasteiger partial charge on any atom is 0.249 e. The molecule has 0 bridgehead atoms. The molecule has 1 aromatic carbocycles. The third kappa shape index (κ3) is 3.87. The summed E-state index contributed by atoms with van der Waals surface area (Å²) in [7, 11) is 0. The predicted molar refractivity (Wildman–Crippen MR) is 82.1 cm³/mol. The van der Waals surface area contributed by atoms with Crippen LogP contribution in [0.4, 0.5) is 8.78 Å². The molecule has 0 aliphatic carbocycles. The molecule has 23 heavy (non-hydrogen) atoms. The van der Waals surface area contributed by atoms with Crippen molar-refractivity contribution < 1.29 is 18.3 Å². The number of hydrogen-bond donors (Lipinski definition) is 2. The van der Waals surface area contributed by atoms with Gasteiger partial charge in [0.05, 0.1) is 0 Å². The molecule has 1 amide bonds. The van der Waals surface area contributed by atoms with E-state index in [2.05, 4.69) is 10.6 Å². The van der Waals surface area contributed by atoms with E-state index in [1.807, 2.05) is 0 Å². The Balaban J connectivity index is 1.70. The molecule has 126 valence electrons. The number of amides is 1. The number of piperidine rings is 1. The first-order valence-corrected chi connectivity index (χ1v) is 8.23. The number of nitrogens with one attached hydrogen (secondary N) is 2. The normalized spacial score (nSPS) is 28.3. The van der Waals surface area contributed by atoms with E-state index < -0.39 is 17.7 Å². The lowest BCUT2D eigenvalue weighted by Gasteiger charge is -2.34. The molecule has 3 unspecified atom stereocenters. The minimum absolute atomic E-state index is 0.0288. The quantitative estimate of drug-likeness (QED) is 0.895. The lowest BCUT2D eigenvalue weighted by Crippen LogP contribution is -2.53. The summed E-state index contributed by atoms with van der Waals surface area (Å²) < 4.78 is 32.2. The fraction of sp³-hybridized carbons (Fsp3) is 0.588. The summed E-state index contributed by atoms with van der Waals surface area (Å²) >= 11 is 0. The van der Waals surface area contributed by atoms with E-state index in [4.69, 9.17) is 4.74 Å². The Labute approximate surface area is 134 Å². The van der Waals surface area contributed by atoms with Gasteiger partial charge in [0.15, 0.2) is 11.6 Å². The first-order valence-electron chi connectivity index (χ1n) is 8.23. The molecule has 6 heteroatoms. The van der Waals surface area contributed by atoms with Crippen molar-refractivity contribution in [1.29, 1.82) is 0 Å². The fourth-order valence-electron chi connectivity index (χ4n) is 3.38. The number of hydrogen-bond acceptors (Lipinski definition) is 3. The van der Waals surface area contributed by atoms with Crippen LogP contribution in [0.2, 0.25) is 0 Å². The van der Waals surface area contributed by atoms with Crippen LogP contribution < -0.4 is 10.6 Å². The van der Waals surface area contributed by atoms with Crippen LogP contribution in [0.25, 0.3) is 0 Å². The van der Waals surface area contributed by atoms with Crippen molar-refractivity contribution in [2.24, 2.45) is 0 Å². The second kappa shape index (κ2) is 7.36. The van der Waals surface area contributed by atoms with Gasteiger partial charge in [0.25, 0.3) is 0 Å². The van der Waals surface area contributed by atoms with Crippen molar-refractivity contribution in [2.75, 3.05) is 19.7 Å². The largest absolute Gasteiger partial charge is 0.368 e. The molecule has 2 aliphatic heterocycles. The van der Waals surface area contributed by atoms with Crippen LogP contribution in [0.5, 0.6) is 0 Å². The number of halogens is 2. The molecule has 1 aromatic rings. The molecule has 0 spiro atoms. The van der Waals surface area contributed by atoms with E-state index >= 15 is 0 Å². The van der Waals surface area contributed by atoms with Gasteiger partial charge < -0.3 is 15.4 Å². The van der Waals surface area contributed by atoms with Crippen LogP contribution in [0.3, 0.4) is 0 Å². The highest BCUT2D eigenvalue weighted by molar-refractivity contribution is 5.81. The van der Waals surface area contributed by atoms with Gasteiger partial charge in [0.1, 0.15) is 6.10 Å². The highest BCUT2D eigenvalue weighted by Crippen LogP contribution is 2.27. The molecule has 4 nitrogen and oxygen atoms in total. The maximum atomic E-state index is 13.5. The topological polar surface area (TPSA) is 50.4 Å². The van der Waals surface area contributed by atoms with Crippen molar-refractivity contribution >= 4 is 5.91 Å². The van der Waals surface area contributed by atoms with Gasteiger partial charge in [0.2, 0.25) is 5.91 Å². The van der Waals surface area contributed by atoms with Gasteiger partial charge in [-0.25, -0.2) is 8.78 Å². The molecular weight excluding hydrogens is 302 g/mol. The van der Waals surface area contributed by atoms with Gasteiger partial charge in [-0.2, -0.15) is 0 Å². The average molecular weight is 324 g/mol. The minimum Gasteiger partial charge on any atom is -0.368 e. The van der Waals surface area contributed by atoms with Gasteiger partial charge in [-0.3, -0.25) is 4.79 Å². The standard InChI is InChI=1S/C17H22F2N2O2/c18-13-5-4-11(9-14(13)19)12-6-7-20-10-15(12)21-17(22)16-3-1-2-8-23-16/h4-5,9,12,15-16,20H,1-3,6-8,10H2,(H,21,22). The van der Waals surface area contributed by atoms with Gasteiger partial charge in [0, 0.05) is 25.1 Å². The third-order valence-corrected chi connectivity index (χ3v) is 4.65. The van der Waals surface area contributed by atoms with Crippen molar-refractivity contribution in [1.82, 2.24) is 10.6 Å². The van der Waals surface area contributed by atoms with Crippen LogP contribution in [0, 0.1) is 11.6 Å². The molecule has 0 aromatic heterocycles. The summed E-state index contributed by atoms with van der Waals surface area (Å²) in [4.78, 5) is 12.4. The fourth-order valence-corrected chi connectivity index (χ4v) is 3.38.